The third-order valence-electron chi connectivity index (χ3n) is 2.39. The number of hydrogen-bond acceptors (Lipinski definition) is 3. The zero-order valence-corrected chi connectivity index (χ0v) is 11.0. The van der Waals surface area contributed by atoms with Gasteiger partial charge in [0, 0.05) is 23.7 Å². The maximum Gasteiger partial charge on any atom is 0.256 e. The summed E-state index contributed by atoms with van der Waals surface area (Å²) in [6.45, 7) is 0.114. The lowest BCUT2D eigenvalue weighted by molar-refractivity contribution is 0.0872. The Bertz CT molecular complexity index is 602. The van der Waals surface area contributed by atoms with Crippen LogP contribution in [-0.4, -0.2) is 24.7 Å². The molecule has 1 aromatic carbocycles. The van der Waals surface area contributed by atoms with Gasteiger partial charge in [0.25, 0.3) is 5.91 Å². The van der Waals surface area contributed by atoms with Crippen molar-refractivity contribution < 1.29 is 9.53 Å². The number of ether oxygens (including phenoxy) is 1. The Hall–Kier alpha value is -1.36. The quantitative estimate of drug-likeness (QED) is 0.882. The lowest BCUT2D eigenvalue weighted by Crippen LogP contribution is -2.25. The molecule has 0 fully saturated rings. The fourth-order valence-electron chi connectivity index (χ4n) is 1.52. The van der Waals surface area contributed by atoms with Gasteiger partial charge in [-0.15, -0.1) is 0 Å². The van der Waals surface area contributed by atoms with Crippen molar-refractivity contribution in [2.45, 2.75) is 0 Å². The second-order valence-electron chi connectivity index (χ2n) is 3.59. The molecule has 0 unspecified atom stereocenters. The van der Waals surface area contributed by atoms with Crippen LogP contribution in [0.3, 0.4) is 0 Å². The number of benzene rings is 1. The first-order valence-corrected chi connectivity index (χ1v) is 5.90. The number of methoxy groups -OCH3 is 1. The monoisotopic (exact) mass is 284 g/mol. The minimum absolute atomic E-state index is 0.114. The minimum atomic E-state index is -0.337. The van der Waals surface area contributed by atoms with E-state index in [0.717, 1.165) is 0 Å². The third-order valence-corrected chi connectivity index (χ3v) is 3.03. The SMILES string of the molecule is COCNC(=O)c1cnc2ccc(Cl)cc2c1Cl. The van der Waals surface area contributed by atoms with Crippen molar-refractivity contribution in [3.8, 4) is 0 Å². The van der Waals surface area contributed by atoms with Gasteiger partial charge in [-0.25, -0.2) is 0 Å². The van der Waals surface area contributed by atoms with Gasteiger partial charge >= 0.3 is 0 Å². The average Bonchev–Trinajstić information content (AvgIpc) is 2.37. The van der Waals surface area contributed by atoms with Crippen molar-refractivity contribution in [3.05, 3.63) is 40.0 Å². The van der Waals surface area contributed by atoms with E-state index in [0.29, 0.717) is 26.5 Å². The fraction of sp³-hybridized carbons (Fsp3) is 0.167. The van der Waals surface area contributed by atoms with Crippen LogP contribution in [0, 0.1) is 0 Å². The summed E-state index contributed by atoms with van der Waals surface area (Å²) < 4.78 is 4.76. The minimum Gasteiger partial charge on any atom is -0.364 e. The molecule has 0 radical (unpaired) electrons. The van der Waals surface area contributed by atoms with Gasteiger partial charge in [0.15, 0.2) is 0 Å². The van der Waals surface area contributed by atoms with E-state index in [1.54, 1.807) is 18.2 Å². The molecule has 2 rings (SSSR count). The molecule has 0 aliphatic rings. The summed E-state index contributed by atoms with van der Waals surface area (Å²) in [6.07, 6.45) is 1.43. The number of rotatable bonds is 3. The Morgan fingerprint density at radius 1 is 1.44 bits per heavy atom. The van der Waals surface area contributed by atoms with E-state index in [1.807, 2.05) is 0 Å². The van der Waals surface area contributed by atoms with Crippen molar-refractivity contribution in [2.75, 3.05) is 13.8 Å². The van der Waals surface area contributed by atoms with Crippen LogP contribution in [0.2, 0.25) is 10.0 Å². The van der Waals surface area contributed by atoms with Crippen molar-refractivity contribution in [2.24, 2.45) is 0 Å². The summed E-state index contributed by atoms with van der Waals surface area (Å²) in [5.74, 6) is -0.337. The highest BCUT2D eigenvalue weighted by atomic mass is 35.5. The van der Waals surface area contributed by atoms with Crippen LogP contribution in [0.15, 0.2) is 24.4 Å². The van der Waals surface area contributed by atoms with Crippen molar-refractivity contribution in [3.63, 3.8) is 0 Å². The van der Waals surface area contributed by atoms with Crippen molar-refractivity contribution in [1.82, 2.24) is 10.3 Å². The van der Waals surface area contributed by atoms with Gasteiger partial charge < -0.3 is 10.1 Å². The predicted molar refractivity (Wildman–Crippen MR) is 71.1 cm³/mol. The standard InChI is InChI=1S/C12H10Cl2N2O2/c1-18-6-16-12(17)9-5-15-10-3-2-7(13)4-8(10)11(9)14/h2-5H,6H2,1H3,(H,16,17). The van der Waals surface area contributed by atoms with E-state index in [9.17, 15) is 4.79 Å². The largest absolute Gasteiger partial charge is 0.364 e. The number of nitrogens with zero attached hydrogens (tertiary/aromatic N) is 1. The van der Waals surface area contributed by atoms with E-state index in [4.69, 9.17) is 27.9 Å². The van der Waals surface area contributed by atoms with Gasteiger partial charge in [-0.2, -0.15) is 0 Å². The van der Waals surface area contributed by atoms with E-state index >= 15 is 0 Å². The van der Waals surface area contributed by atoms with Gasteiger partial charge in [0.1, 0.15) is 6.73 Å². The first-order chi connectivity index (χ1) is 8.63. The maximum atomic E-state index is 11.8. The Kier molecular flexibility index (Phi) is 4.01. The third kappa shape index (κ3) is 2.56. The molecular weight excluding hydrogens is 275 g/mol. The van der Waals surface area contributed by atoms with E-state index in [1.165, 1.54) is 13.3 Å². The molecule has 0 aliphatic carbocycles. The predicted octanol–water partition coefficient (Wildman–Crippen LogP) is 2.88. The second kappa shape index (κ2) is 5.52. The zero-order valence-electron chi connectivity index (χ0n) is 9.54. The number of hydrogen-bond donors (Lipinski definition) is 1. The number of halogens is 2. The molecule has 2 aromatic rings. The molecule has 1 N–H and O–H groups in total. The number of pyridine rings is 1. The van der Waals surface area contributed by atoms with E-state index in [2.05, 4.69) is 10.3 Å². The molecule has 18 heavy (non-hydrogen) atoms. The van der Waals surface area contributed by atoms with Crippen LogP contribution in [0.5, 0.6) is 0 Å². The summed E-state index contributed by atoms with van der Waals surface area (Å²) in [6, 6.07) is 5.15. The number of carbonyl (C=O) groups excluding carboxylic acids is 1. The Morgan fingerprint density at radius 3 is 2.94 bits per heavy atom. The first-order valence-electron chi connectivity index (χ1n) is 5.14. The van der Waals surface area contributed by atoms with Crippen LogP contribution >= 0.6 is 23.2 Å². The number of nitrogens with one attached hydrogen (secondary N) is 1. The van der Waals surface area contributed by atoms with Crippen LogP contribution in [0.4, 0.5) is 0 Å². The second-order valence-corrected chi connectivity index (χ2v) is 4.40. The molecule has 94 valence electrons. The molecule has 0 bridgehead atoms. The van der Waals surface area contributed by atoms with Gasteiger partial charge in [-0.3, -0.25) is 9.78 Å². The van der Waals surface area contributed by atoms with Gasteiger partial charge in [-0.1, -0.05) is 23.2 Å². The number of aromatic nitrogens is 1. The van der Waals surface area contributed by atoms with Gasteiger partial charge in [0.05, 0.1) is 16.1 Å². The van der Waals surface area contributed by atoms with Crippen LogP contribution in [-0.2, 0) is 4.74 Å². The van der Waals surface area contributed by atoms with Crippen LogP contribution in [0.25, 0.3) is 10.9 Å². The highest BCUT2D eigenvalue weighted by Gasteiger charge is 2.13. The summed E-state index contributed by atoms with van der Waals surface area (Å²) in [7, 11) is 1.49. The molecule has 0 saturated heterocycles. The molecule has 1 amide bonds. The lowest BCUT2D eigenvalue weighted by Gasteiger charge is -2.07. The number of amides is 1. The first kappa shape index (κ1) is 13.1. The smallest absolute Gasteiger partial charge is 0.256 e. The zero-order chi connectivity index (χ0) is 13.1. The fourth-order valence-corrected chi connectivity index (χ4v) is 1.98. The normalized spacial score (nSPS) is 10.6. The average molecular weight is 285 g/mol. The Labute approximate surface area is 114 Å². The molecule has 0 spiro atoms. The lowest BCUT2D eigenvalue weighted by atomic mass is 10.1. The molecule has 1 aromatic heterocycles. The maximum absolute atomic E-state index is 11.8. The molecule has 0 saturated carbocycles. The van der Waals surface area contributed by atoms with Crippen LogP contribution in [0.1, 0.15) is 10.4 Å². The molecule has 0 atom stereocenters. The van der Waals surface area contributed by atoms with E-state index < -0.39 is 0 Å². The number of carbonyl (C=O) groups is 1. The van der Waals surface area contributed by atoms with Crippen molar-refractivity contribution >= 4 is 40.0 Å². The molecule has 1 heterocycles. The summed E-state index contributed by atoms with van der Waals surface area (Å²) in [4.78, 5) is 16.0. The highest BCUT2D eigenvalue weighted by Crippen LogP contribution is 2.27. The Morgan fingerprint density at radius 2 is 2.22 bits per heavy atom. The molecule has 4 nitrogen and oxygen atoms in total. The van der Waals surface area contributed by atoms with Crippen molar-refractivity contribution in [1.29, 1.82) is 0 Å². The topological polar surface area (TPSA) is 51.2 Å². The summed E-state index contributed by atoms with van der Waals surface area (Å²) in [5.41, 5.74) is 0.983. The van der Waals surface area contributed by atoms with Crippen LogP contribution < -0.4 is 5.32 Å². The molecular formula is C12H10Cl2N2O2. The van der Waals surface area contributed by atoms with Gasteiger partial charge in [0.2, 0.25) is 0 Å². The molecule has 6 heteroatoms. The highest BCUT2D eigenvalue weighted by molar-refractivity contribution is 6.39. The Balaban J connectivity index is 2.47. The van der Waals surface area contributed by atoms with Gasteiger partial charge in [-0.05, 0) is 18.2 Å². The van der Waals surface area contributed by atoms with E-state index in [-0.39, 0.29) is 12.6 Å². The molecule has 0 aliphatic heterocycles. The summed E-state index contributed by atoms with van der Waals surface area (Å²) in [5, 5.41) is 4.07. The number of fused-ring (bicyclic) bond motifs is 1. The summed E-state index contributed by atoms with van der Waals surface area (Å²) >= 11 is 12.1.